The van der Waals surface area contributed by atoms with Crippen LogP contribution in [0.15, 0.2) is 24.3 Å². The number of ether oxygens (including phenoxy) is 4. The molecule has 0 aliphatic heterocycles. The fourth-order valence-electron chi connectivity index (χ4n) is 12.2. The summed E-state index contributed by atoms with van der Waals surface area (Å²) in [6, 6.07) is 0. The Morgan fingerprint density at radius 2 is 0.535 bits per heavy atom. The van der Waals surface area contributed by atoms with Gasteiger partial charge in [0.2, 0.25) is 0 Å². The topological polar surface area (TPSA) is 237 Å². The molecule has 19 heteroatoms. The van der Waals surface area contributed by atoms with Crippen LogP contribution in [0.5, 0.6) is 0 Å². The van der Waals surface area contributed by atoms with E-state index in [9.17, 15) is 43.2 Å². The number of rotatable bonds is 80. The van der Waals surface area contributed by atoms with Crippen LogP contribution in [0, 0.1) is 5.92 Å². The Bertz CT molecular complexity index is 2020. The molecule has 596 valence electrons. The molecule has 2 unspecified atom stereocenters. The molecule has 0 saturated heterocycles. The maximum Gasteiger partial charge on any atom is 0.472 e. The van der Waals surface area contributed by atoms with E-state index < -0.39 is 97.5 Å². The average molecular weight is 1480 g/mol. The quantitative estimate of drug-likeness (QED) is 0.0169. The zero-order valence-corrected chi connectivity index (χ0v) is 67.3. The van der Waals surface area contributed by atoms with E-state index in [-0.39, 0.29) is 25.7 Å². The summed E-state index contributed by atoms with van der Waals surface area (Å²) in [6.45, 7) is 7.29. The summed E-state index contributed by atoms with van der Waals surface area (Å²) in [7, 11) is -9.93. The fraction of sp³-hybridized carbons (Fsp3) is 0.902. The summed E-state index contributed by atoms with van der Waals surface area (Å²) in [5.41, 5.74) is 0. The second kappa shape index (κ2) is 74.4. The number of hydrogen-bond donors (Lipinski definition) is 3. The van der Waals surface area contributed by atoms with Gasteiger partial charge in [-0.2, -0.15) is 0 Å². The van der Waals surface area contributed by atoms with Crippen LogP contribution >= 0.6 is 15.6 Å². The minimum absolute atomic E-state index is 0.102. The summed E-state index contributed by atoms with van der Waals surface area (Å²) >= 11 is 0. The molecule has 3 N–H and O–H groups in total. The molecule has 0 heterocycles. The molecule has 0 aliphatic rings. The SMILES string of the molecule is CCCCCC/C=C\C=C/CCCCCCCC(=O)OC[C@H](COP(=O)(O)OC[C@@H](O)COP(=O)(O)OC[C@@H](COC(=O)CCCCCCCCCCCCCCC)OC(=O)CCCCCCCCCCCCCCC(C)C)OC(=O)CCCCCCCCCCCCCCCCCCCC. The average Bonchev–Trinajstić information content (AvgIpc) is 0.922. The molecule has 0 saturated carbocycles. The van der Waals surface area contributed by atoms with Gasteiger partial charge in [0.25, 0.3) is 0 Å². The highest BCUT2D eigenvalue weighted by Gasteiger charge is 2.30. The molecular formula is C82H156O17P2. The van der Waals surface area contributed by atoms with E-state index in [0.29, 0.717) is 25.7 Å². The van der Waals surface area contributed by atoms with Crippen molar-refractivity contribution in [1.29, 1.82) is 0 Å². The van der Waals surface area contributed by atoms with Crippen LogP contribution in [0.3, 0.4) is 0 Å². The Balaban J connectivity index is 5.30. The van der Waals surface area contributed by atoms with Crippen LogP contribution in [0.4, 0.5) is 0 Å². The molecule has 0 rings (SSSR count). The smallest absolute Gasteiger partial charge is 0.462 e. The standard InChI is InChI=1S/C82H156O17P2/c1-6-9-12-15-18-21-24-27-29-30-31-33-36-42-47-52-57-62-67-81(86)98-77(72-93-80(85)66-61-56-51-46-41-35-32-28-25-22-19-16-13-10-7-2)73-96-100(88,89)94-69-76(83)70-95-101(90,91)97-74-78(71-92-79(84)65-60-55-50-45-40-34-26-23-20-17-14-11-8-3)99-82(87)68-63-58-53-48-43-38-37-39-44-49-54-59-64-75(4)5/h22,25,28,32,75-78,83H,6-21,23-24,26-27,29-31,33-74H2,1-5H3,(H,88,89)(H,90,91)/b25-22-,32-28-/t76-,77-,78-/m1/s1. The fourth-order valence-corrected chi connectivity index (χ4v) is 13.8. The number of phosphoric acid groups is 2. The van der Waals surface area contributed by atoms with Gasteiger partial charge in [0, 0.05) is 25.7 Å². The molecule has 0 aromatic heterocycles. The summed E-state index contributed by atoms with van der Waals surface area (Å²) in [5, 5.41) is 10.7. The van der Waals surface area contributed by atoms with Crippen LogP contribution in [-0.2, 0) is 65.4 Å². The van der Waals surface area contributed by atoms with Crippen molar-refractivity contribution in [2.24, 2.45) is 5.92 Å². The van der Waals surface area contributed by atoms with E-state index >= 15 is 0 Å². The normalized spacial score (nSPS) is 14.0. The Morgan fingerprint density at radius 3 is 0.812 bits per heavy atom. The van der Waals surface area contributed by atoms with E-state index in [1.165, 1.54) is 218 Å². The van der Waals surface area contributed by atoms with Crippen molar-refractivity contribution >= 4 is 39.5 Å². The Morgan fingerprint density at radius 1 is 0.307 bits per heavy atom. The third kappa shape index (κ3) is 75.6. The van der Waals surface area contributed by atoms with E-state index in [4.69, 9.17) is 37.0 Å². The lowest BCUT2D eigenvalue weighted by atomic mass is 10.0. The Kier molecular flexibility index (Phi) is 72.6. The van der Waals surface area contributed by atoms with E-state index in [1.807, 2.05) is 0 Å². The number of allylic oxidation sites excluding steroid dienone is 4. The van der Waals surface area contributed by atoms with Gasteiger partial charge in [-0.1, -0.05) is 361 Å². The first-order valence-corrected chi connectivity index (χ1v) is 44.9. The van der Waals surface area contributed by atoms with Crippen molar-refractivity contribution < 1.29 is 80.2 Å². The molecule has 0 aliphatic carbocycles. The third-order valence-corrected chi connectivity index (χ3v) is 20.6. The Hall–Kier alpha value is -2.46. The van der Waals surface area contributed by atoms with Crippen LogP contribution in [0.25, 0.3) is 0 Å². The lowest BCUT2D eigenvalue weighted by Crippen LogP contribution is -2.30. The lowest BCUT2D eigenvalue weighted by Gasteiger charge is -2.21. The summed E-state index contributed by atoms with van der Waals surface area (Å²) < 4.78 is 68.7. The van der Waals surface area contributed by atoms with Gasteiger partial charge in [0.1, 0.15) is 19.3 Å². The predicted octanol–water partition coefficient (Wildman–Crippen LogP) is 24.4. The number of esters is 4. The highest BCUT2D eigenvalue weighted by molar-refractivity contribution is 7.47. The molecule has 17 nitrogen and oxygen atoms in total. The molecule has 0 bridgehead atoms. The second-order valence-electron chi connectivity index (χ2n) is 29.3. The van der Waals surface area contributed by atoms with Gasteiger partial charge < -0.3 is 33.8 Å². The second-order valence-corrected chi connectivity index (χ2v) is 32.2. The van der Waals surface area contributed by atoms with E-state index in [2.05, 4.69) is 58.9 Å². The summed E-state index contributed by atoms with van der Waals surface area (Å²) in [4.78, 5) is 73.1. The first kappa shape index (κ1) is 98.5. The van der Waals surface area contributed by atoms with Crippen molar-refractivity contribution in [2.75, 3.05) is 39.6 Å². The number of unbranched alkanes of at least 4 members (excludes halogenated alkanes) is 49. The first-order valence-electron chi connectivity index (χ1n) is 42.0. The number of aliphatic hydroxyl groups is 1. The molecule has 0 amide bonds. The van der Waals surface area contributed by atoms with Crippen molar-refractivity contribution in [1.82, 2.24) is 0 Å². The zero-order valence-electron chi connectivity index (χ0n) is 65.5. The highest BCUT2D eigenvalue weighted by Crippen LogP contribution is 2.45. The highest BCUT2D eigenvalue weighted by atomic mass is 31.2. The van der Waals surface area contributed by atoms with Crippen molar-refractivity contribution in [3.05, 3.63) is 24.3 Å². The maximum atomic E-state index is 13.1. The largest absolute Gasteiger partial charge is 0.472 e. The number of carbonyl (C=O) groups excluding carboxylic acids is 4. The van der Waals surface area contributed by atoms with Crippen LogP contribution < -0.4 is 0 Å². The molecule has 0 aromatic rings. The predicted molar refractivity (Wildman–Crippen MR) is 414 cm³/mol. The van der Waals surface area contributed by atoms with Crippen LogP contribution in [0.2, 0.25) is 0 Å². The van der Waals surface area contributed by atoms with Crippen molar-refractivity contribution in [3.63, 3.8) is 0 Å². The maximum absolute atomic E-state index is 13.1. The number of carbonyl (C=O) groups is 4. The van der Waals surface area contributed by atoms with E-state index in [1.54, 1.807) is 0 Å². The minimum atomic E-state index is -4.97. The van der Waals surface area contributed by atoms with Crippen molar-refractivity contribution in [2.45, 2.75) is 432 Å². The number of hydrogen-bond acceptors (Lipinski definition) is 15. The van der Waals surface area contributed by atoms with Crippen LogP contribution in [-0.4, -0.2) is 96.7 Å². The molecular weight excluding hydrogens is 1320 g/mol. The first-order chi connectivity index (χ1) is 49.0. The van der Waals surface area contributed by atoms with Crippen LogP contribution in [0.1, 0.15) is 413 Å². The van der Waals surface area contributed by atoms with Gasteiger partial charge in [0.05, 0.1) is 26.4 Å². The van der Waals surface area contributed by atoms with Gasteiger partial charge in [-0.25, -0.2) is 9.13 Å². The molecule has 0 fully saturated rings. The van der Waals surface area contributed by atoms with Gasteiger partial charge >= 0.3 is 39.5 Å². The number of aliphatic hydroxyl groups excluding tert-OH is 1. The van der Waals surface area contributed by atoms with E-state index in [0.717, 1.165) is 115 Å². The van der Waals surface area contributed by atoms with Gasteiger partial charge in [-0.3, -0.25) is 37.3 Å². The summed E-state index contributed by atoms with van der Waals surface area (Å²) in [5.74, 6) is -1.36. The van der Waals surface area contributed by atoms with Crippen molar-refractivity contribution in [3.8, 4) is 0 Å². The summed E-state index contributed by atoms with van der Waals surface area (Å²) in [6.07, 6.45) is 68.6. The minimum Gasteiger partial charge on any atom is -0.462 e. The zero-order chi connectivity index (χ0) is 74.1. The van der Waals surface area contributed by atoms with Gasteiger partial charge in [-0.15, -0.1) is 0 Å². The molecule has 5 atom stereocenters. The number of phosphoric ester groups is 2. The third-order valence-electron chi connectivity index (χ3n) is 18.7. The molecule has 101 heavy (non-hydrogen) atoms. The van der Waals surface area contributed by atoms with Gasteiger partial charge in [-0.05, 0) is 57.3 Å². The Labute approximate surface area is 618 Å². The monoisotopic (exact) mass is 1480 g/mol. The lowest BCUT2D eigenvalue weighted by molar-refractivity contribution is -0.161. The molecule has 0 radical (unpaired) electrons. The molecule has 0 aromatic carbocycles. The van der Waals surface area contributed by atoms with Gasteiger partial charge in [0.15, 0.2) is 12.2 Å². The molecule has 0 spiro atoms.